The molecule has 2 heterocycles. The van der Waals surface area contributed by atoms with Gasteiger partial charge < -0.3 is 5.32 Å². The molecule has 0 saturated carbocycles. The molecule has 0 fully saturated rings. The van der Waals surface area contributed by atoms with Gasteiger partial charge in [-0.3, -0.25) is 9.59 Å². The lowest BCUT2D eigenvalue weighted by atomic mass is 10.1. The predicted molar refractivity (Wildman–Crippen MR) is 103 cm³/mol. The van der Waals surface area contributed by atoms with Gasteiger partial charge in [0.25, 0.3) is 0 Å². The van der Waals surface area contributed by atoms with Gasteiger partial charge in [0.1, 0.15) is 5.82 Å². The van der Waals surface area contributed by atoms with Crippen molar-refractivity contribution in [2.75, 3.05) is 0 Å². The Morgan fingerprint density at radius 3 is 2.57 bits per heavy atom. The summed E-state index contributed by atoms with van der Waals surface area (Å²) in [5.41, 5.74) is 2.16. The molecule has 0 aliphatic heterocycles. The molecule has 0 radical (unpaired) electrons. The van der Waals surface area contributed by atoms with Crippen LogP contribution in [0.25, 0.3) is 5.82 Å². The van der Waals surface area contributed by atoms with Crippen molar-refractivity contribution in [3.8, 4) is 5.82 Å². The summed E-state index contributed by atoms with van der Waals surface area (Å²) < 4.78 is 14.6. The Bertz CT molecular complexity index is 968. The van der Waals surface area contributed by atoms with Gasteiger partial charge in [-0.1, -0.05) is 6.07 Å². The smallest absolute Gasteiger partial charge is 0.220 e. The predicted octanol–water partition coefficient (Wildman–Crippen LogP) is 3.56. The van der Waals surface area contributed by atoms with Crippen LogP contribution in [0.3, 0.4) is 0 Å². The van der Waals surface area contributed by atoms with Crippen molar-refractivity contribution in [2.45, 2.75) is 32.7 Å². The van der Waals surface area contributed by atoms with E-state index in [0.29, 0.717) is 11.4 Å². The van der Waals surface area contributed by atoms with Crippen LogP contribution >= 0.6 is 0 Å². The zero-order valence-corrected chi connectivity index (χ0v) is 15.7. The van der Waals surface area contributed by atoms with Crippen LogP contribution < -0.4 is 5.32 Å². The van der Waals surface area contributed by atoms with E-state index >= 15 is 0 Å². The molecule has 1 amide bonds. The normalized spacial score (nSPS) is 11.8. The van der Waals surface area contributed by atoms with Gasteiger partial charge in [0.2, 0.25) is 5.91 Å². The van der Waals surface area contributed by atoms with Crippen LogP contribution in [0, 0.1) is 12.7 Å². The maximum atomic E-state index is 12.9. The zero-order chi connectivity index (χ0) is 20.1. The largest absolute Gasteiger partial charge is 0.349 e. The average molecular weight is 380 g/mol. The summed E-state index contributed by atoms with van der Waals surface area (Å²) in [6, 6.07) is 10.6. The summed E-state index contributed by atoms with van der Waals surface area (Å²) in [6.07, 6.45) is 3.53. The second kappa shape index (κ2) is 8.56. The van der Waals surface area contributed by atoms with E-state index in [0.717, 1.165) is 11.3 Å². The van der Waals surface area contributed by atoms with Crippen LogP contribution in [-0.4, -0.2) is 26.5 Å². The number of Topliss-reactive ketones (excluding diaryl/α,β-unsaturated/α-hetero) is 1. The summed E-state index contributed by atoms with van der Waals surface area (Å²) in [4.78, 5) is 28.6. The number of carbonyl (C=O) groups is 2. The summed E-state index contributed by atoms with van der Waals surface area (Å²) in [5, 5.41) is 7.25. The first-order valence-corrected chi connectivity index (χ1v) is 8.99. The maximum Gasteiger partial charge on any atom is 0.220 e. The molecule has 7 heteroatoms. The number of pyridine rings is 1. The van der Waals surface area contributed by atoms with Gasteiger partial charge in [0.15, 0.2) is 11.6 Å². The molecule has 0 aliphatic carbocycles. The van der Waals surface area contributed by atoms with Crippen LogP contribution in [0.15, 0.2) is 54.9 Å². The van der Waals surface area contributed by atoms with Gasteiger partial charge in [-0.15, -0.1) is 0 Å². The van der Waals surface area contributed by atoms with Crippen molar-refractivity contribution >= 4 is 11.7 Å². The number of benzene rings is 1. The minimum absolute atomic E-state index is 0.0635. The number of halogens is 1. The van der Waals surface area contributed by atoms with Crippen LogP contribution in [0.2, 0.25) is 0 Å². The molecule has 3 rings (SSSR count). The molecule has 0 aliphatic rings. The first-order valence-electron chi connectivity index (χ1n) is 8.99. The number of amides is 1. The van der Waals surface area contributed by atoms with Gasteiger partial charge >= 0.3 is 0 Å². The van der Waals surface area contributed by atoms with E-state index in [1.807, 2.05) is 32.0 Å². The molecule has 0 saturated heterocycles. The zero-order valence-electron chi connectivity index (χ0n) is 15.7. The van der Waals surface area contributed by atoms with Crippen molar-refractivity contribution in [3.63, 3.8) is 0 Å². The van der Waals surface area contributed by atoms with Gasteiger partial charge in [-0.2, -0.15) is 5.10 Å². The summed E-state index contributed by atoms with van der Waals surface area (Å²) in [6.45, 7) is 3.78. The van der Waals surface area contributed by atoms with Crippen molar-refractivity contribution in [3.05, 3.63) is 77.5 Å². The summed E-state index contributed by atoms with van der Waals surface area (Å²) in [5.74, 6) is -0.116. The first-order chi connectivity index (χ1) is 13.5. The van der Waals surface area contributed by atoms with E-state index in [9.17, 15) is 14.0 Å². The molecule has 3 aromatic rings. The van der Waals surface area contributed by atoms with E-state index in [4.69, 9.17) is 0 Å². The average Bonchev–Trinajstić information content (AvgIpc) is 3.09. The maximum absolute atomic E-state index is 12.9. The Morgan fingerprint density at radius 1 is 1.14 bits per heavy atom. The van der Waals surface area contributed by atoms with E-state index in [-0.39, 0.29) is 30.6 Å². The molecule has 2 aromatic heterocycles. The third-order valence-electron chi connectivity index (χ3n) is 4.50. The van der Waals surface area contributed by atoms with Crippen molar-refractivity contribution in [2.24, 2.45) is 0 Å². The molecule has 1 N–H and O–H groups in total. The molecule has 144 valence electrons. The Morgan fingerprint density at radius 2 is 1.89 bits per heavy atom. The lowest BCUT2D eigenvalue weighted by Gasteiger charge is -2.14. The lowest BCUT2D eigenvalue weighted by Crippen LogP contribution is -2.27. The topological polar surface area (TPSA) is 76.9 Å². The number of ketones is 1. The highest BCUT2D eigenvalue weighted by atomic mass is 19.1. The SMILES string of the molecule is Cc1c([C@@H](C)NC(=O)CCC(=O)c2ccc(F)cc2)cnn1-c1ccccn1. The Balaban J connectivity index is 1.58. The van der Waals surface area contributed by atoms with Crippen molar-refractivity contribution in [1.29, 1.82) is 0 Å². The fourth-order valence-corrected chi connectivity index (χ4v) is 2.96. The number of carbonyl (C=O) groups excluding carboxylic acids is 2. The number of nitrogens with one attached hydrogen (secondary N) is 1. The van der Waals surface area contributed by atoms with Crippen LogP contribution in [-0.2, 0) is 4.79 Å². The third-order valence-corrected chi connectivity index (χ3v) is 4.50. The monoisotopic (exact) mass is 380 g/mol. The van der Waals surface area contributed by atoms with Gasteiger partial charge in [0, 0.05) is 35.9 Å². The Hall–Kier alpha value is -3.35. The van der Waals surface area contributed by atoms with Gasteiger partial charge in [-0.25, -0.2) is 14.1 Å². The summed E-state index contributed by atoms with van der Waals surface area (Å²) >= 11 is 0. The molecular formula is C21H21FN4O2. The third kappa shape index (κ3) is 4.49. The number of hydrogen-bond acceptors (Lipinski definition) is 4. The molecule has 0 unspecified atom stereocenters. The first kappa shape index (κ1) is 19.4. The molecule has 1 aromatic carbocycles. The van der Waals surface area contributed by atoms with Crippen LogP contribution in [0.5, 0.6) is 0 Å². The fraction of sp³-hybridized carbons (Fsp3) is 0.238. The number of hydrogen-bond donors (Lipinski definition) is 1. The van der Waals surface area contributed by atoms with Crippen molar-refractivity contribution < 1.29 is 14.0 Å². The summed E-state index contributed by atoms with van der Waals surface area (Å²) in [7, 11) is 0. The van der Waals surface area contributed by atoms with Gasteiger partial charge in [-0.05, 0) is 50.2 Å². The van der Waals surface area contributed by atoms with Gasteiger partial charge in [0.05, 0.1) is 12.2 Å². The van der Waals surface area contributed by atoms with E-state index in [2.05, 4.69) is 15.4 Å². The highest BCUT2D eigenvalue weighted by Gasteiger charge is 2.17. The molecular weight excluding hydrogens is 359 g/mol. The lowest BCUT2D eigenvalue weighted by molar-refractivity contribution is -0.121. The minimum atomic E-state index is -0.398. The van der Waals surface area contributed by atoms with E-state index in [1.54, 1.807) is 17.1 Å². The number of rotatable bonds is 7. The molecule has 0 bridgehead atoms. The molecule has 28 heavy (non-hydrogen) atoms. The quantitative estimate of drug-likeness (QED) is 0.636. The number of nitrogens with zero attached hydrogens (tertiary/aromatic N) is 3. The molecule has 6 nitrogen and oxygen atoms in total. The fourth-order valence-electron chi connectivity index (χ4n) is 2.96. The van der Waals surface area contributed by atoms with Crippen LogP contribution in [0.1, 0.15) is 47.4 Å². The molecule has 0 spiro atoms. The minimum Gasteiger partial charge on any atom is -0.349 e. The Kier molecular flexibility index (Phi) is 5.93. The van der Waals surface area contributed by atoms with Crippen molar-refractivity contribution in [1.82, 2.24) is 20.1 Å². The van der Waals surface area contributed by atoms with Crippen LogP contribution in [0.4, 0.5) is 4.39 Å². The van der Waals surface area contributed by atoms with E-state index < -0.39 is 5.82 Å². The second-order valence-electron chi connectivity index (χ2n) is 6.50. The van der Waals surface area contributed by atoms with E-state index in [1.165, 1.54) is 24.3 Å². The Labute approximate surface area is 162 Å². The standard InChI is InChI=1S/C21H21FN4O2/c1-14(18-13-24-26(15(18)2)20-5-3-4-12-23-20)25-21(28)11-10-19(27)16-6-8-17(22)9-7-16/h3-9,12-14H,10-11H2,1-2H3,(H,25,28)/t14-/m1/s1. The highest BCUT2D eigenvalue weighted by molar-refractivity contribution is 5.97. The molecule has 1 atom stereocenters. The second-order valence-corrected chi connectivity index (χ2v) is 6.50. The highest BCUT2D eigenvalue weighted by Crippen LogP contribution is 2.19. The number of aromatic nitrogens is 3.